The van der Waals surface area contributed by atoms with Crippen molar-refractivity contribution in [3.8, 4) is 11.3 Å². The summed E-state index contributed by atoms with van der Waals surface area (Å²) in [4.78, 5) is 45.9. The topological polar surface area (TPSA) is 145 Å². The van der Waals surface area contributed by atoms with E-state index in [0.717, 1.165) is 22.4 Å². The molecule has 0 saturated heterocycles. The van der Waals surface area contributed by atoms with Gasteiger partial charge in [0, 0.05) is 60.0 Å². The maximum Gasteiger partial charge on any atom is 0.255 e. The van der Waals surface area contributed by atoms with E-state index < -0.39 is 18.1 Å². The number of hydrogen-bond donors (Lipinski definition) is 4. The van der Waals surface area contributed by atoms with Gasteiger partial charge in [-0.3, -0.25) is 19.6 Å². The number of pyridine rings is 1. The molecule has 0 radical (unpaired) electrons. The highest BCUT2D eigenvalue weighted by atomic mass is 16.3. The van der Waals surface area contributed by atoms with Crippen molar-refractivity contribution < 1.29 is 14.7 Å². The van der Waals surface area contributed by atoms with Gasteiger partial charge in [-0.2, -0.15) is 0 Å². The summed E-state index contributed by atoms with van der Waals surface area (Å²) in [7, 11) is 1.57. The molecule has 4 N–H and O–H groups in total. The Hall–Kier alpha value is -5.94. The molecule has 47 heavy (non-hydrogen) atoms. The van der Waals surface area contributed by atoms with Crippen molar-refractivity contribution in [2.24, 2.45) is 4.99 Å². The quantitative estimate of drug-likeness (QED) is 0.174. The van der Waals surface area contributed by atoms with Gasteiger partial charge in [0.2, 0.25) is 5.95 Å². The van der Waals surface area contributed by atoms with Crippen LogP contribution < -0.4 is 20.9 Å². The maximum atomic E-state index is 13.7. The van der Waals surface area contributed by atoms with Crippen LogP contribution >= 0.6 is 0 Å². The van der Waals surface area contributed by atoms with Crippen LogP contribution in [0.25, 0.3) is 11.3 Å². The number of nitrogens with one attached hydrogen (secondary N) is 3. The minimum absolute atomic E-state index is 0.211. The van der Waals surface area contributed by atoms with Crippen molar-refractivity contribution in [1.29, 1.82) is 0 Å². The molecule has 2 atom stereocenters. The summed E-state index contributed by atoms with van der Waals surface area (Å²) < 4.78 is 0. The molecule has 0 saturated carbocycles. The van der Waals surface area contributed by atoms with Crippen LogP contribution in [0.4, 0.5) is 23.0 Å². The highest BCUT2D eigenvalue weighted by molar-refractivity contribution is 6.06. The number of hydrogen-bond acceptors (Lipinski definition) is 9. The summed E-state index contributed by atoms with van der Waals surface area (Å²) in [5.41, 5.74) is 6.43. The van der Waals surface area contributed by atoms with Gasteiger partial charge in [-0.25, -0.2) is 9.97 Å². The molecule has 1 aliphatic rings. The second kappa shape index (κ2) is 14.0. The van der Waals surface area contributed by atoms with E-state index >= 15 is 0 Å². The average Bonchev–Trinajstić information content (AvgIpc) is 3.12. The number of aromatic nitrogens is 3. The van der Waals surface area contributed by atoms with E-state index in [1.54, 1.807) is 56.1 Å². The zero-order valence-corrected chi connectivity index (χ0v) is 26.0. The zero-order valence-electron chi connectivity index (χ0n) is 26.0. The van der Waals surface area contributed by atoms with Crippen molar-refractivity contribution in [1.82, 2.24) is 20.3 Å². The molecule has 2 aromatic heterocycles. The number of benzene rings is 3. The number of carbonyl (C=O) groups excluding carboxylic acids is 2. The van der Waals surface area contributed by atoms with Crippen molar-refractivity contribution in [3.05, 3.63) is 126 Å². The van der Waals surface area contributed by atoms with Crippen molar-refractivity contribution in [2.75, 3.05) is 29.2 Å². The largest absolute Gasteiger partial charge is 0.381 e. The third-order valence-electron chi connectivity index (χ3n) is 8.00. The van der Waals surface area contributed by atoms with Crippen LogP contribution in [0.5, 0.6) is 0 Å². The van der Waals surface area contributed by atoms with Gasteiger partial charge >= 0.3 is 0 Å². The summed E-state index contributed by atoms with van der Waals surface area (Å²) in [6.45, 7) is 2.15. The molecule has 3 aromatic carbocycles. The average molecular weight is 627 g/mol. The third-order valence-corrected chi connectivity index (χ3v) is 8.00. The van der Waals surface area contributed by atoms with E-state index in [0.29, 0.717) is 40.6 Å². The first-order valence-corrected chi connectivity index (χ1v) is 15.2. The van der Waals surface area contributed by atoms with E-state index in [4.69, 9.17) is 0 Å². The summed E-state index contributed by atoms with van der Waals surface area (Å²) in [5, 5.41) is 20.5. The second-order valence-electron chi connectivity index (χ2n) is 11.1. The number of nitrogens with zero attached hydrogens (tertiary/aromatic N) is 5. The van der Waals surface area contributed by atoms with Crippen LogP contribution in [0.2, 0.25) is 0 Å². The lowest BCUT2D eigenvalue weighted by Crippen LogP contribution is -2.51. The van der Waals surface area contributed by atoms with Gasteiger partial charge in [0.1, 0.15) is 6.67 Å². The Bertz CT molecular complexity index is 1920. The number of aryl methyl sites for hydroxylation is 1. The number of aliphatic hydroxyl groups is 1. The molecule has 6 rings (SSSR count). The number of anilines is 4. The van der Waals surface area contributed by atoms with Gasteiger partial charge in [-0.15, -0.1) is 0 Å². The van der Waals surface area contributed by atoms with Gasteiger partial charge in [-0.1, -0.05) is 42.5 Å². The predicted molar refractivity (Wildman–Crippen MR) is 183 cm³/mol. The lowest BCUT2D eigenvalue weighted by atomic mass is 9.96. The fourth-order valence-electron chi connectivity index (χ4n) is 5.54. The minimum Gasteiger partial charge on any atom is -0.381 e. The molecule has 0 bridgehead atoms. The van der Waals surface area contributed by atoms with E-state index in [2.05, 4.69) is 35.9 Å². The van der Waals surface area contributed by atoms with Gasteiger partial charge < -0.3 is 26.0 Å². The molecular weight excluding hydrogens is 592 g/mol. The number of fused-ring (bicyclic) bond motifs is 1. The van der Waals surface area contributed by atoms with Crippen LogP contribution in [0.15, 0.2) is 109 Å². The van der Waals surface area contributed by atoms with Crippen LogP contribution in [-0.2, 0) is 11.2 Å². The maximum absolute atomic E-state index is 13.7. The highest BCUT2D eigenvalue weighted by Crippen LogP contribution is 2.30. The minimum atomic E-state index is -1.45. The van der Waals surface area contributed by atoms with Crippen molar-refractivity contribution in [2.45, 2.75) is 25.5 Å². The Balaban J connectivity index is 1.25. The molecule has 3 heterocycles. The fourth-order valence-corrected chi connectivity index (χ4v) is 5.54. The van der Waals surface area contributed by atoms with Crippen LogP contribution in [0, 0.1) is 6.92 Å². The summed E-state index contributed by atoms with van der Waals surface area (Å²) in [5.74, 6) is -0.429. The number of amides is 2. The first kappa shape index (κ1) is 31.1. The number of rotatable bonds is 10. The van der Waals surface area contributed by atoms with Crippen molar-refractivity contribution >= 4 is 41.0 Å². The first-order chi connectivity index (χ1) is 22.9. The van der Waals surface area contributed by atoms with E-state index in [1.165, 1.54) is 0 Å². The predicted octanol–water partition coefficient (Wildman–Crippen LogP) is 4.76. The molecule has 2 amide bonds. The summed E-state index contributed by atoms with van der Waals surface area (Å²) in [6, 6.07) is 25.4. The molecule has 5 aromatic rings. The fraction of sp³-hybridized carbons (Fsp3) is 0.167. The number of carbonyl (C=O) groups is 2. The Labute approximate surface area is 272 Å². The van der Waals surface area contributed by atoms with Gasteiger partial charge in [0.15, 0.2) is 6.10 Å². The van der Waals surface area contributed by atoms with Gasteiger partial charge in [0.25, 0.3) is 11.8 Å². The zero-order chi connectivity index (χ0) is 32.8. The number of aliphatic hydroxyl groups excluding tert-OH is 1. The molecular formula is C36H34N8O3. The Morgan fingerprint density at radius 2 is 1.83 bits per heavy atom. The van der Waals surface area contributed by atoms with Crippen LogP contribution in [0.3, 0.4) is 0 Å². The molecule has 0 spiro atoms. The Morgan fingerprint density at radius 3 is 2.62 bits per heavy atom. The number of aliphatic imine (C=N–C) groups is 1. The molecule has 11 heteroatoms. The lowest BCUT2D eigenvalue weighted by molar-refractivity contribution is -0.125. The molecule has 11 nitrogen and oxygen atoms in total. The third kappa shape index (κ3) is 7.00. The second-order valence-corrected chi connectivity index (χ2v) is 11.1. The van der Waals surface area contributed by atoms with Gasteiger partial charge in [-0.05, 0) is 66.9 Å². The van der Waals surface area contributed by atoms with E-state index in [-0.39, 0.29) is 12.6 Å². The van der Waals surface area contributed by atoms with E-state index in [1.807, 2.05) is 72.5 Å². The normalized spacial score (nSPS) is 13.3. The van der Waals surface area contributed by atoms with Gasteiger partial charge in [0.05, 0.1) is 17.3 Å². The summed E-state index contributed by atoms with van der Waals surface area (Å²) in [6.07, 6.45) is 5.69. The lowest BCUT2D eigenvalue weighted by Gasteiger charge is -2.38. The molecule has 0 unspecified atom stereocenters. The first-order valence-electron chi connectivity index (χ1n) is 15.2. The van der Waals surface area contributed by atoms with Crippen LogP contribution in [0.1, 0.15) is 27.0 Å². The Morgan fingerprint density at radius 1 is 0.979 bits per heavy atom. The molecule has 236 valence electrons. The molecule has 0 aliphatic carbocycles. The monoisotopic (exact) mass is 626 g/mol. The summed E-state index contributed by atoms with van der Waals surface area (Å²) >= 11 is 0. The van der Waals surface area contributed by atoms with E-state index in [9.17, 15) is 14.7 Å². The smallest absolute Gasteiger partial charge is 0.255 e. The molecule has 0 fully saturated rings. The SMILES string of the molecule is CNC(=O)c1cccc2c1C=NCN2[C@H](Cc1ccccc1)[C@H](O)C(=O)Nc1ccc(C)c(Nc2nccc(-c3cccnc3)n2)c1. The van der Waals surface area contributed by atoms with Crippen molar-refractivity contribution in [3.63, 3.8) is 0 Å². The molecule has 1 aliphatic heterocycles. The standard InChI is InChI=1S/C36H34N8O3/c1-23-13-14-26(19-30(23)43-36-40-17-15-29(42-36)25-10-7-16-38-20-25)41-35(47)33(45)32(18-24-8-4-3-5-9-24)44-22-39-21-28-27(34(46)37-2)11-6-12-31(28)44/h3-17,19-21,32-33,45H,18,22H2,1-2H3,(H,37,46)(H,41,47)(H,40,42,43)/t32-,33+/m1/s1. The Kier molecular flexibility index (Phi) is 9.26. The van der Waals surface area contributed by atoms with Crippen LogP contribution in [-0.4, -0.2) is 63.9 Å². The highest BCUT2D eigenvalue weighted by Gasteiger charge is 2.34.